The number of thioether (sulfide) groups is 1. The van der Waals surface area contributed by atoms with Crippen LogP contribution in [0.4, 0.5) is 0 Å². The molecular formula is C20H21N5O2S2. The van der Waals surface area contributed by atoms with Gasteiger partial charge in [0.05, 0.1) is 19.4 Å². The number of rotatable bonds is 7. The summed E-state index contributed by atoms with van der Waals surface area (Å²) in [5, 5.41) is 12.4. The van der Waals surface area contributed by atoms with Gasteiger partial charge in [-0.15, -0.1) is 21.5 Å². The number of ether oxygens (including phenoxy) is 2. The predicted octanol–water partition coefficient (Wildman–Crippen LogP) is 4.56. The van der Waals surface area contributed by atoms with Gasteiger partial charge in [-0.1, -0.05) is 11.8 Å². The van der Waals surface area contributed by atoms with E-state index < -0.39 is 0 Å². The molecule has 9 heteroatoms. The van der Waals surface area contributed by atoms with Gasteiger partial charge in [0, 0.05) is 28.5 Å². The minimum atomic E-state index is 0.597. The van der Waals surface area contributed by atoms with Crippen LogP contribution >= 0.6 is 23.1 Å². The van der Waals surface area contributed by atoms with Crippen LogP contribution in [-0.4, -0.2) is 38.3 Å². The first-order valence-electron chi connectivity index (χ1n) is 9.16. The van der Waals surface area contributed by atoms with E-state index >= 15 is 0 Å². The lowest BCUT2D eigenvalue weighted by atomic mass is 10.2. The summed E-state index contributed by atoms with van der Waals surface area (Å²) in [6.07, 6.45) is 0. The average Bonchev–Trinajstić information content (AvgIpc) is 3.34. The summed E-state index contributed by atoms with van der Waals surface area (Å²) >= 11 is 3.21. The highest BCUT2D eigenvalue weighted by atomic mass is 32.2. The summed E-state index contributed by atoms with van der Waals surface area (Å²) < 4.78 is 13.0. The third kappa shape index (κ3) is 4.06. The molecular weight excluding hydrogens is 406 g/mol. The van der Waals surface area contributed by atoms with Crippen molar-refractivity contribution in [1.82, 2.24) is 24.6 Å². The maximum atomic E-state index is 5.59. The highest BCUT2D eigenvalue weighted by molar-refractivity contribution is 7.98. The molecule has 0 bridgehead atoms. The molecule has 0 radical (unpaired) electrons. The second-order valence-electron chi connectivity index (χ2n) is 6.35. The summed E-state index contributed by atoms with van der Waals surface area (Å²) in [6.45, 7) is 6.48. The van der Waals surface area contributed by atoms with Crippen molar-refractivity contribution in [2.75, 3.05) is 13.7 Å². The first-order valence-corrected chi connectivity index (χ1v) is 11.0. The minimum Gasteiger partial charge on any atom is -0.493 e. The molecule has 0 amide bonds. The third-order valence-corrected chi connectivity index (χ3v) is 6.17. The number of hydrogen-bond acceptors (Lipinski definition) is 8. The topological polar surface area (TPSA) is 74.4 Å². The summed E-state index contributed by atoms with van der Waals surface area (Å²) in [5.41, 5.74) is 3.76. The lowest BCUT2D eigenvalue weighted by molar-refractivity contribution is 0.311. The molecule has 3 heterocycles. The minimum absolute atomic E-state index is 0.597. The van der Waals surface area contributed by atoms with E-state index in [0.29, 0.717) is 18.1 Å². The van der Waals surface area contributed by atoms with Crippen molar-refractivity contribution in [1.29, 1.82) is 0 Å². The fraction of sp³-hybridized carbons (Fsp3) is 0.300. The smallest absolute Gasteiger partial charge is 0.197 e. The first kappa shape index (κ1) is 19.7. The molecule has 1 aromatic carbocycles. The Bertz CT molecular complexity index is 1160. The molecule has 0 fully saturated rings. The molecule has 3 aromatic heterocycles. The van der Waals surface area contributed by atoms with E-state index in [-0.39, 0.29) is 0 Å². The highest BCUT2D eigenvalue weighted by Gasteiger charge is 2.13. The second-order valence-corrected chi connectivity index (χ2v) is 8.15. The Labute approximate surface area is 177 Å². The summed E-state index contributed by atoms with van der Waals surface area (Å²) in [5.74, 6) is 3.04. The van der Waals surface area contributed by atoms with Gasteiger partial charge in [0.2, 0.25) is 0 Å². The molecule has 0 aliphatic heterocycles. The number of hydrogen-bond donors (Lipinski definition) is 0. The molecule has 4 aromatic rings. The van der Waals surface area contributed by atoms with Crippen LogP contribution < -0.4 is 9.47 Å². The third-order valence-electron chi connectivity index (χ3n) is 4.27. The lowest BCUT2D eigenvalue weighted by Gasteiger charge is -2.09. The van der Waals surface area contributed by atoms with Crippen molar-refractivity contribution in [2.45, 2.75) is 31.7 Å². The molecule has 0 unspecified atom stereocenters. The van der Waals surface area contributed by atoms with Crippen molar-refractivity contribution >= 4 is 28.7 Å². The quantitative estimate of drug-likeness (QED) is 0.400. The molecule has 4 rings (SSSR count). The van der Waals surface area contributed by atoms with Crippen LogP contribution in [-0.2, 0) is 5.75 Å². The van der Waals surface area contributed by atoms with Crippen LogP contribution in [0.5, 0.6) is 11.5 Å². The van der Waals surface area contributed by atoms with E-state index in [9.17, 15) is 0 Å². The Morgan fingerprint density at radius 1 is 1.10 bits per heavy atom. The maximum Gasteiger partial charge on any atom is 0.197 e. The Morgan fingerprint density at radius 2 is 1.97 bits per heavy atom. The average molecular weight is 428 g/mol. The van der Waals surface area contributed by atoms with Crippen LogP contribution in [0, 0.1) is 13.8 Å². The van der Waals surface area contributed by atoms with E-state index in [2.05, 4.69) is 20.6 Å². The lowest BCUT2D eigenvalue weighted by Crippen LogP contribution is -1.98. The van der Waals surface area contributed by atoms with Crippen molar-refractivity contribution in [3.63, 3.8) is 0 Å². The van der Waals surface area contributed by atoms with Crippen molar-refractivity contribution < 1.29 is 9.47 Å². The summed E-state index contributed by atoms with van der Waals surface area (Å²) in [6, 6.07) is 7.83. The van der Waals surface area contributed by atoms with Gasteiger partial charge < -0.3 is 9.47 Å². The molecule has 0 aliphatic carbocycles. The SMILES string of the molecule is CCOc1ccc(-c2nc(CSc3nnc4cc(C)nc(C)n34)cs2)cc1OC. The van der Waals surface area contributed by atoms with E-state index in [0.717, 1.165) is 44.3 Å². The zero-order chi connectivity index (χ0) is 20.4. The van der Waals surface area contributed by atoms with Crippen LogP contribution in [0.25, 0.3) is 16.2 Å². The zero-order valence-corrected chi connectivity index (χ0v) is 18.3. The summed E-state index contributed by atoms with van der Waals surface area (Å²) in [7, 11) is 1.65. The molecule has 0 atom stereocenters. The molecule has 0 spiro atoms. The molecule has 7 nitrogen and oxygen atoms in total. The van der Waals surface area contributed by atoms with Gasteiger partial charge in [-0.2, -0.15) is 0 Å². The Balaban J connectivity index is 1.52. The molecule has 0 aliphatic rings. The van der Waals surface area contributed by atoms with E-state index in [1.54, 1.807) is 30.2 Å². The van der Waals surface area contributed by atoms with E-state index in [4.69, 9.17) is 14.5 Å². The van der Waals surface area contributed by atoms with Gasteiger partial charge in [0.1, 0.15) is 10.8 Å². The highest BCUT2D eigenvalue weighted by Crippen LogP contribution is 2.34. The molecule has 0 N–H and O–H groups in total. The van der Waals surface area contributed by atoms with Gasteiger partial charge in [-0.3, -0.25) is 4.40 Å². The maximum absolute atomic E-state index is 5.59. The normalized spacial score (nSPS) is 11.2. The van der Waals surface area contributed by atoms with Crippen molar-refractivity contribution in [3.8, 4) is 22.1 Å². The molecule has 0 saturated carbocycles. The van der Waals surface area contributed by atoms with E-state index in [1.807, 2.05) is 49.4 Å². The van der Waals surface area contributed by atoms with Crippen LogP contribution in [0.1, 0.15) is 24.1 Å². The van der Waals surface area contributed by atoms with Gasteiger partial charge in [0.15, 0.2) is 22.3 Å². The number of thiazole rings is 1. The molecule has 0 saturated heterocycles. The number of nitrogens with zero attached hydrogens (tertiary/aromatic N) is 5. The van der Waals surface area contributed by atoms with Crippen LogP contribution in [0.15, 0.2) is 34.8 Å². The predicted molar refractivity (Wildman–Crippen MR) is 115 cm³/mol. The van der Waals surface area contributed by atoms with E-state index in [1.165, 1.54) is 0 Å². The molecule has 150 valence electrons. The summed E-state index contributed by atoms with van der Waals surface area (Å²) in [4.78, 5) is 9.28. The number of aryl methyl sites for hydroxylation is 2. The Hall–Kier alpha value is -2.65. The second kappa shape index (κ2) is 8.38. The van der Waals surface area contributed by atoms with Crippen molar-refractivity contribution in [2.24, 2.45) is 0 Å². The van der Waals surface area contributed by atoms with Gasteiger partial charge in [-0.05, 0) is 39.0 Å². The largest absolute Gasteiger partial charge is 0.493 e. The van der Waals surface area contributed by atoms with Gasteiger partial charge in [0.25, 0.3) is 0 Å². The zero-order valence-electron chi connectivity index (χ0n) is 16.7. The van der Waals surface area contributed by atoms with Crippen LogP contribution in [0.2, 0.25) is 0 Å². The van der Waals surface area contributed by atoms with Crippen LogP contribution in [0.3, 0.4) is 0 Å². The number of methoxy groups -OCH3 is 1. The number of fused-ring (bicyclic) bond motifs is 1. The number of aromatic nitrogens is 5. The Morgan fingerprint density at radius 3 is 2.76 bits per heavy atom. The molecule has 29 heavy (non-hydrogen) atoms. The fourth-order valence-corrected chi connectivity index (χ4v) is 4.82. The fourth-order valence-electron chi connectivity index (χ4n) is 3.02. The standard InChI is InChI=1S/C20H21N5O2S2/c1-5-27-16-7-6-14(9-17(16)26-4)19-22-15(10-28-19)11-29-20-24-23-18-8-12(2)21-13(3)25(18)20/h6-10H,5,11H2,1-4H3. The van der Waals surface area contributed by atoms with Gasteiger partial charge in [-0.25, -0.2) is 9.97 Å². The number of benzene rings is 1. The Kier molecular flexibility index (Phi) is 5.68. The van der Waals surface area contributed by atoms with Crippen molar-refractivity contribution in [3.05, 3.63) is 46.9 Å². The van der Waals surface area contributed by atoms with Gasteiger partial charge >= 0.3 is 0 Å². The monoisotopic (exact) mass is 427 g/mol. The first-order chi connectivity index (χ1) is 14.1.